The van der Waals surface area contributed by atoms with Gasteiger partial charge in [0, 0.05) is 17.1 Å². The number of rotatable bonds is 8. The maximum absolute atomic E-state index is 13.4. The van der Waals surface area contributed by atoms with Crippen molar-refractivity contribution in [2.75, 3.05) is 28.6 Å². The summed E-state index contributed by atoms with van der Waals surface area (Å²) in [7, 11) is 0. The van der Waals surface area contributed by atoms with Crippen LogP contribution < -0.4 is 20.9 Å². The highest BCUT2D eigenvalue weighted by atomic mass is 35.5. The highest BCUT2D eigenvalue weighted by molar-refractivity contribution is 6.40. The van der Waals surface area contributed by atoms with Crippen LogP contribution in [0.25, 0.3) is 0 Å². The number of benzene rings is 3. The fraction of sp³-hybridized carbons (Fsp3) is 0.185. The van der Waals surface area contributed by atoms with Gasteiger partial charge >= 0.3 is 17.8 Å². The largest absolute Gasteiger partial charge is 0.478 e. The molecule has 0 radical (unpaired) electrons. The van der Waals surface area contributed by atoms with Gasteiger partial charge in [-0.05, 0) is 48.0 Å². The topological polar surface area (TPSA) is 128 Å². The van der Waals surface area contributed by atoms with Crippen molar-refractivity contribution in [1.82, 2.24) is 5.32 Å². The van der Waals surface area contributed by atoms with E-state index in [0.29, 0.717) is 5.56 Å². The molecule has 4 N–H and O–H groups in total. The zero-order valence-corrected chi connectivity index (χ0v) is 21.0. The molecule has 1 aliphatic rings. The summed E-state index contributed by atoms with van der Waals surface area (Å²) in [5.74, 6) is -6.88. The fourth-order valence-corrected chi connectivity index (χ4v) is 4.13. The maximum Gasteiger partial charge on any atom is 0.335 e. The van der Waals surface area contributed by atoms with Crippen LogP contribution in [0.1, 0.15) is 15.9 Å². The van der Waals surface area contributed by atoms with Gasteiger partial charge in [-0.1, -0.05) is 41.9 Å². The Kier molecular flexibility index (Phi) is 8.10. The van der Waals surface area contributed by atoms with Crippen LogP contribution in [0.3, 0.4) is 0 Å². The minimum atomic E-state index is -2.86. The third-order valence-corrected chi connectivity index (χ3v) is 6.14. The number of carboxylic acids is 1. The van der Waals surface area contributed by atoms with Gasteiger partial charge in [0.25, 0.3) is 5.92 Å². The molecule has 0 aliphatic carbocycles. The van der Waals surface area contributed by atoms with E-state index in [9.17, 15) is 28.0 Å². The van der Waals surface area contributed by atoms with Gasteiger partial charge in [0.2, 0.25) is 5.91 Å². The van der Waals surface area contributed by atoms with Crippen molar-refractivity contribution in [3.63, 3.8) is 0 Å². The Morgan fingerprint density at radius 3 is 2.21 bits per heavy atom. The van der Waals surface area contributed by atoms with E-state index in [1.165, 1.54) is 47.4 Å². The minimum Gasteiger partial charge on any atom is -0.478 e. The molecule has 0 bridgehead atoms. The van der Waals surface area contributed by atoms with Crippen LogP contribution in [0.2, 0.25) is 5.02 Å². The number of anilines is 3. The predicted octanol–water partition coefficient (Wildman–Crippen LogP) is 3.80. The number of carbonyl (C=O) groups is 4. The Hall–Kier alpha value is -4.51. The van der Waals surface area contributed by atoms with E-state index < -0.39 is 48.7 Å². The van der Waals surface area contributed by atoms with Gasteiger partial charge in [0.05, 0.1) is 30.0 Å². The second kappa shape index (κ2) is 11.5. The summed E-state index contributed by atoms with van der Waals surface area (Å²) in [5, 5.41) is 16.7. The monoisotopic (exact) mass is 556 g/mol. The number of carboxylic acid groups (broad SMARTS) is 1. The molecule has 0 spiro atoms. The van der Waals surface area contributed by atoms with Crippen molar-refractivity contribution in [3.8, 4) is 0 Å². The van der Waals surface area contributed by atoms with Gasteiger partial charge in [-0.3, -0.25) is 14.4 Å². The van der Waals surface area contributed by atoms with Crippen molar-refractivity contribution < 1.29 is 33.1 Å². The molecule has 0 unspecified atom stereocenters. The first kappa shape index (κ1) is 27.5. The SMILES string of the molecule is O=C(Nc1cc(Cl)ccc1N1CC(F)(F)C1)C(=O)N[C@@H](Cc1ccccc1)C(=O)Nc1ccc(C(=O)O)cc1. The van der Waals surface area contributed by atoms with E-state index in [4.69, 9.17) is 16.7 Å². The lowest BCUT2D eigenvalue weighted by Gasteiger charge is -2.41. The normalized spacial score (nSPS) is 14.5. The number of aromatic carboxylic acids is 1. The summed E-state index contributed by atoms with van der Waals surface area (Å²) < 4.78 is 26.8. The quantitative estimate of drug-likeness (QED) is 0.313. The first-order valence-electron chi connectivity index (χ1n) is 11.7. The molecule has 1 aliphatic heterocycles. The van der Waals surface area contributed by atoms with Gasteiger partial charge < -0.3 is 26.0 Å². The number of halogens is 3. The third-order valence-electron chi connectivity index (χ3n) is 5.90. The predicted molar refractivity (Wildman–Crippen MR) is 141 cm³/mol. The van der Waals surface area contributed by atoms with E-state index >= 15 is 0 Å². The first-order chi connectivity index (χ1) is 18.5. The molecule has 12 heteroatoms. The van der Waals surface area contributed by atoms with Crippen molar-refractivity contribution in [2.45, 2.75) is 18.4 Å². The van der Waals surface area contributed by atoms with E-state index in [1.54, 1.807) is 30.3 Å². The fourth-order valence-electron chi connectivity index (χ4n) is 3.95. The molecule has 1 heterocycles. The molecule has 1 fully saturated rings. The molecular formula is C27H23ClF2N4O5. The van der Waals surface area contributed by atoms with E-state index in [2.05, 4.69) is 16.0 Å². The molecule has 1 saturated heterocycles. The number of nitrogens with one attached hydrogen (secondary N) is 3. The Morgan fingerprint density at radius 2 is 1.59 bits per heavy atom. The number of alkyl halides is 2. The van der Waals surface area contributed by atoms with Gasteiger partial charge in [0.15, 0.2) is 0 Å². The molecule has 0 aromatic heterocycles. The van der Waals surface area contributed by atoms with Crippen LogP contribution in [0.15, 0.2) is 72.8 Å². The van der Waals surface area contributed by atoms with Crippen molar-refractivity contribution in [2.24, 2.45) is 0 Å². The lowest BCUT2D eigenvalue weighted by atomic mass is 10.0. The molecule has 9 nitrogen and oxygen atoms in total. The average Bonchev–Trinajstić information content (AvgIpc) is 2.88. The Morgan fingerprint density at radius 1 is 0.923 bits per heavy atom. The standard InChI is InChI=1S/C27H23ClF2N4O5/c28-18-8-11-22(34-14-27(29,30)15-34)20(13-18)32-24(36)25(37)33-21(12-16-4-2-1-3-5-16)23(35)31-19-9-6-17(7-10-19)26(38)39/h1-11,13,21H,12,14-15H2,(H,31,35)(H,32,36)(H,33,37)(H,38,39)/t21-/m0/s1. The van der Waals surface area contributed by atoms with Crippen LogP contribution in [0.5, 0.6) is 0 Å². The van der Waals surface area contributed by atoms with Crippen LogP contribution in [-0.4, -0.2) is 53.9 Å². The van der Waals surface area contributed by atoms with Gasteiger partial charge in [0.1, 0.15) is 6.04 Å². The second-order valence-electron chi connectivity index (χ2n) is 8.92. The first-order valence-corrected chi connectivity index (χ1v) is 12.1. The van der Waals surface area contributed by atoms with Crippen molar-refractivity contribution in [3.05, 3.63) is 88.9 Å². The summed E-state index contributed by atoms with van der Waals surface area (Å²) >= 11 is 6.02. The highest BCUT2D eigenvalue weighted by Crippen LogP contribution is 2.37. The maximum atomic E-state index is 13.4. The summed E-state index contributed by atoms with van der Waals surface area (Å²) in [4.78, 5) is 51.1. The minimum absolute atomic E-state index is 0.0288. The number of hydrogen-bond donors (Lipinski definition) is 4. The molecule has 0 saturated carbocycles. The smallest absolute Gasteiger partial charge is 0.335 e. The van der Waals surface area contributed by atoms with Gasteiger partial charge in [-0.15, -0.1) is 0 Å². The van der Waals surface area contributed by atoms with Crippen molar-refractivity contribution >= 4 is 52.4 Å². The van der Waals surface area contributed by atoms with Gasteiger partial charge in [-0.25, -0.2) is 13.6 Å². The lowest BCUT2D eigenvalue weighted by molar-refractivity contribution is -0.137. The summed E-state index contributed by atoms with van der Waals surface area (Å²) in [5.41, 5.74) is 1.36. The Balaban J connectivity index is 1.48. The second-order valence-corrected chi connectivity index (χ2v) is 9.35. The van der Waals surface area contributed by atoms with Gasteiger partial charge in [-0.2, -0.15) is 0 Å². The summed E-state index contributed by atoms with van der Waals surface area (Å²) in [6.07, 6.45) is 0.0458. The molecule has 202 valence electrons. The van der Waals surface area contributed by atoms with E-state index in [-0.39, 0.29) is 34.1 Å². The van der Waals surface area contributed by atoms with E-state index in [1.807, 2.05) is 0 Å². The number of nitrogens with zero attached hydrogens (tertiary/aromatic N) is 1. The van der Waals surface area contributed by atoms with Crippen LogP contribution in [0.4, 0.5) is 25.8 Å². The molecule has 4 rings (SSSR count). The van der Waals surface area contributed by atoms with Crippen LogP contribution >= 0.6 is 11.6 Å². The lowest BCUT2D eigenvalue weighted by Crippen LogP contribution is -2.56. The molecule has 1 atom stereocenters. The highest BCUT2D eigenvalue weighted by Gasteiger charge is 2.44. The number of amides is 3. The zero-order chi connectivity index (χ0) is 28.2. The number of hydrogen-bond acceptors (Lipinski definition) is 5. The van der Waals surface area contributed by atoms with Crippen LogP contribution in [0, 0.1) is 0 Å². The van der Waals surface area contributed by atoms with E-state index in [0.717, 1.165) is 0 Å². The summed E-state index contributed by atoms with van der Waals surface area (Å²) in [6, 6.07) is 17.3. The third kappa shape index (κ3) is 7.08. The van der Waals surface area contributed by atoms with Crippen LogP contribution in [-0.2, 0) is 20.8 Å². The summed E-state index contributed by atoms with van der Waals surface area (Å²) in [6.45, 7) is -1.09. The molecular weight excluding hydrogens is 534 g/mol. The van der Waals surface area contributed by atoms with Crippen molar-refractivity contribution in [1.29, 1.82) is 0 Å². The average molecular weight is 557 g/mol. The number of carbonyl (C=O) groups excluding carboxylic acids is 3. The molecule has 3 aromatic carbocycles. The molecule has 39 heavy (non-hydrogen) atoms. The zero-order valence-electron chi connectivity index (χ0n) is 20.3. The molecule has 3 aromatic rings. The Bertz CT molecular complexity index is 1400. The Labute approximate surface area is 226 Å². The molecule has 3 amide bonds.